The van der Waals surface area contributed by atoms with Crippen LogP contribution < -0.4 is 15.4 Å². The Kier molecular flexibility index (Phi) is 7.92. The molecule has 2 aliphatic heterocycles. The van der Waals surface area contributed by atoms with Gasteiger partial charge in [0.15, 0.2) is 0 Å². The van der Waals surface area contributed by atoms with Crippen molar-refractivity contribution in [1.82, 2.24) is 10.2 Å². The molecule has 32 heavy (non-hydrogen) atoms. The van der Waals surface area contributed by atoms with Gasteiger partial charge in [-0.2, -0.15) is 0 Å². The number of nitrogens with zero attached hydrogens (tertiary/aromatic N) is 1. The molecule has 2 heterocycles. The van der Waals surface area contributed by atoms with Gasteiger partial charge in [-0.3, -0.25) is 4.90 Å². The van der Waals surface area contributed by atoms with Gasteiger partial charge in [0.2, 0.25) is 0 Å². The first kappa shape index (κ1) is 22.5. The summed E-state index contributed by atoms with van der Waals surface area (Å²) < 4.78 is 30.1. The van der Waals surface area contributed by atoms with Gasteiger partial charge in [0, 0.05) is 50.0 Å². The Balaban J connectivity index is 1.29. The van der Waals surface area contributed by atoms with E-state index < -0.39 is 0 Å². The molecular weight excluding hydrogens is 413 g/mol. The zero-order chi connectivity index (χ0) is 22.2. The highest BCUT2D eigenvalue weighted by Gasteiger charge is 2.31. The molecule has 0 aliphatic carbocycles. The van der Waals surface area contributed by atoms with Gasteiger partial charge < -0.3 is 24.8 Å². The number of anilines is 1. The lowest BCUT2D eigenvalue weighted by atomic mass is 9.97. The number of carbonyl (C=O) groups is 1. The Bertz CT molecular complexity index is 885. The van der Waals surface area contributed by atoms with Crippen LogP contribution in [0.3, 0.4) is 0 Å². The van der Waals surface area contributed by atoms with Gasteiger partial charge in [-0.25, -0.2) is 9.18 Å². The van der Waals surface area contributed by atoms with E-state index in [9.17, 15) is 9.18 Å². The summed E-state index contributed by atoms with van der Waals surface area (Å²) in [6, 6.07) is 13.4. The first-order chi connectivity index (χ1) is 15.7. The summed E-state index contributed by atoms with van der Waals surface area (Å²) >= 11 is 0. The van der Waals surface area contributed by atoms with Crippen LogP contribution >= 0.6 is 0 Å². The molecule has 172 valence electrons. The molecule has 0 aromatic heterocycles. The van der Waals surface area contributed by atoms with Gasteiger partial charge in [0.1, 0.15) is 18.2 Å². The van der Waals surface area contributed by atoms with Crippen molar-refractivity contribution in [2.45, 2.75) is 19.1 Å². The lowest BCUT2D eigenvalue weighted by Crippen LogP contribution is -2.52. The van der Waals surface area contributed by atoms with Crippen LogP contribution in [0.2, 0.25) is 0 Å². The highest BCUT2D eigenvalue weighted by Crippen LogP contribution is 2.22. The third kappa shape index (κ3) is 6.41. The monoisotopic (exact) mass is 443 g/mol. The molecule has 8 heteroatoms. The molecule has 2 saturated heterocycles. The fourth-order valence-corrected chi connectivity index (χ4v) is 4.19. The van der Waals surface area contributed by atoms with E-state index >= 15 is 0 Å². The van der Waals surface area contributed by atoms with E-state index in [2.05, 4.69) is 15.5 Å². The smallest absolute Gasteiger partial charge is 0.319 e. The molecular formula is C24H30FN3O4. The van der Waals surface area contributed by atoms with Crippen molar-refractivity contribution in [3.63, 3.8) is 0 Å². The minimum absolute atomic E-state index is 0.230. The van der Waals surface area contributed by atoms with Crippen LogP contribution in [0, 0.1) is 11.7 Å². The number of benzene rings is 2. The van der Waals surface area contributed by atoms with E-state index in [0.29, 0.717) is 23.9 Å². The highest BCUT2D eigenvalue weighted by atomic mass is 19.1. The summed E-state index contributed by atoms with van der Waals surface area (Å²) in [5.74, 6) is 0.715. The van der Waals surface area contributed by atoms with Gasteiger partial charge in [-0.1, -0.05) is 18.2 Å². The van der Waals surface area contributed by atoms with Crippen LogP contribution in [0.5, 0.6) is 5.75 Å². The van der Waals surface area contributed by atoms with E-state index in [1.54, 1.807) is 30.3 Å². The maximum atomic E-state index is 13.3. The summed E-state index contributed by atoms with van der Waals surface area (Å²) in [4.78, 5) is 15.0. The Morgan fingerprint density at radius 2 is 1.97 bits per heavy atom. The molecule has 7 nitrogen and oxygen atoms in total. The van der Waals surface area contributed by atoms with E-state index in [0.717, 1.165) is 51.5 Å². The van der Waals surface area contributed by atoms with Crippen LogP contribution in [0.25, 0.3) is 0 Å². The van der Waals surface area contributed by atoms with Crippen LogP contribution in [0.1, 0.15) is 12.0 Å². The number of halogens is 1. The number of rotatable bonds is 8. The number of urea groups is 1. The Morgan fingerprint density at radius 3 is 2.75 bits per heavy atom. The minimum Gasteiger partial charge on any atom is -0.489 e. The second-order valence-electron chi connectivity index (χ2n) is 8.12. The topological polar surface area (TPSA) is 72.1 Å². The van der Waals surface area contributed by atoms with E-state index in [-0.39, 0.29) is 24.5 Å². The molecule has 4 rings (SSSR count). The largest absolute Gasteiger partial charge is 0.489 e. The van der Waals surface area contributed by atoms with Crippen molar-refractivity contribution in [1.29, 1.82) is 0 Å². The second kappa shape index (κ2) is 11.3. The molecule has 0 saturated carbocycles. The molecule has 0 unspecified atom stereocenters. The van der Waals surface area contributed by atoms with Crippen LogP contribution in [0.15, 0.2) is 48.5 Å². The summed E-state index contributed by atoms with van der Waals surface area (Å²) in [7, 11) is 0. The minimum atomic E-state index is -0.294. The zero-order valence-electron chi connectivity index (χ0n) is 18.1. The average molecular weight is 444 g/mol. The third-order valence-corrected chi connectivity index (χ3v) is 5.88. The Labute approximate surface area is 187 Å². The van der Waals surface area contributed by atoms with Gasteiger partial charge in [-0.05, 0) is 36.2 Å². The number of hydrogen-bond donors (Lipinski definition) is 2. The van der Waals surface area contributed by atoms with E-state index in [1.807, 2.05) is 6.07 Å². The van der Waals surface area contributed by atoms with Crippen molar-refractivity contribution in [3.8, 4) is 5.75 Å². The summed E-state index contributed by atoms with van der Waals surface area (Å²) in [6.45, 7) is 5.49. The summed E-state index contributed by atoms with van der Waals surface area (Å²) in [6.07, 6.45) is 1.01. The maximum absolute atomic E-state index is 13.3. The number of nitrogens with one attached hydrogen (secondary N) is 2. The SMILES string of the molecule is O=C(NC[C@@H]([C@H]1CCOC1)N1CCOCC1)Nc1cccc(OCc2cccc(F)c2)c1. The lowest BCUT2D eigenvalue weighted by molar-refractivity contribution is 0.00222. The fraction of sp³-hybridized carbons (Fsp3) is 0.458. The van der Waals surface area contributed by atoms with Crippen molar-refractivity contribution in [2.75, 3.05) is 51.4 Å². The molecule has 2 fully saturated rings. The molecule has 0 bridgehead atoms. The van der Waals surface area contributed by atoms with Crippen LogP contribution in [-0.4, -0.2) is 63.0 Å². The predicted molar refractivity (Wildman–Crippen MR) is 119 cm³/mol. The average Bonchev–Trinajstić information content (AvgIpc) is 3.34. The molecule has 2 aromatic rings. The van der Waals surface area contributed by atoms with Crippen molar-refractivity contribution in [3.05, 3.63) is 59.9 Å². The molecule has 2 aliphatic rings. The van der Waals surface area contributed by atoms with E-state index in [4.69, 9.17) is 14.2 Å². The highest BCUT2D eigenvalue weighted by molar-refractivity contribution is 5.89. The van der Waals surface area contributed by atoms with Crippen LogP contribution in [0.4, 0.5) is 14.9 Å². The number of hydrogen-bond acceptors (Lipinski definition) is 5. The molecule has 2 amide bonds. The van der Waals surface area contributed by atoms with Crippen molar-refractivity contribution < 1.29 is 23.4 Å². The number of amides is 2. The predicted octanol–water partition coefficient (Wildman–Crippen LogP) is 3.26. The maximum Gasteiger partial charge on any atom is 0.319 e. The molecule has 2 N–H and O–H groups in total. The molecule has 0 radical (unpaired) electrons. The number of carbonyl (C=O) groups excluding carboxylic acids is 1. The van der Waals surface area contributed by atoms with Crippen molar-refractivity contribution in [2.24, 2.45) is 5.92 Å². The molecule has 2 atom stereocenters. The van der Waals surface area contributed by atoms with E-state index in [1.165, 1.54) is 12.1 Å². The van der Waals surface area contributed by atoms with Gasteiger partial charge in [0.05, 0.1) is 19.8 Å². The third-order valence-electron chi connectivity index (χ3n) is 5.88. The quantitative estimate of drug-likeness (QED) is 0.655. The first-order valence-electron chi connectivity index (χ1n) is 11.1. The molecule has 2 aromatic carbocycles. The second-order valence-corrected chi connectivity index (χ2v) is 8.12. The van der Waals surface area contributed by atoms with Gasteiger partial charge in [-0.15, -0.1) is 0 Å². The zero-order valence-corrected chi connectivity index (χ0v) is 18.1. The summed E-state index contributed by atoms with van der Waals surface area (Å²) in [5, 5.41) is 5.89. The first-order valence-corrected chi connectivity index (χ1v) is 11.1. The van der Waals surface area contributed by atoms with Gasteiger partial charge in [0.25, 0.3) is 0 Å². The normalized spacial score (nSPS) is 20.0. The number of morpholine rings is 1. The Hall–Kier alpha value is -2.68. The fourth-order valence-electron chi connectivity index (χ4n) is 4.19. The Morgan fingerprint density at radius 1 is 1.12 bits per heavy atom. The van der Waals surface area contributed by atoms with Crippen LogP contribution in [-0.2, 0) is 16.1 Å². The number of ether oxygens (including phenoxy) is 3. The lowest BCUT2D eigenvalue weighted by Gasteiger charge is -2.37. The molecule has 0 spiro atoms. The summed E-state index contributed by atoms with van der Waals surface area (Å²) in [5.41, 5.74) is 1.37. The standard InChI is InChI=1S/C24H30FN3O4/c25-20-4-1-3-18(13-20)16-32-22-6-2-5-21(14-22)27-24(29)26-15-23(19-7-10-31-17-19)28-8-11-30-12-9-28/h1-6,13-14,19,23H,7-12,15-17H2,(H2,26,27,29)/t19-,23-/m0/s1. The van der Waals surface area contributed by atoms with Crippen molar-refractivity contribution >= 4 is 11.7 Å². The van der Waals surface area contributed by atoms with Gasteiger partial charge >= 0.3 is 6.03 Å².